The van der Waals surface area contributed by atoms with E-state index in [-0.39, 0.29) is 55.0 Å². The molecule has 3 aromatic carbocycles. The molecule has 0 aliphatic carbocycles. The number of carbonyl (C=O) groups excluding carboxylic acids is 3. The van der Waals surface area contributed by atoms with Gasteiger partial charge in [0.25, 0.3) is 5.91 Å². The fourth-order valence-electron chi connectivity index (χ4n) is 8.92. The standard InChI is InChI=1S/C38H44BrN3O7Si/c1-24-35(50(3,4)30-13-11-29(47-2)12-14-30)33(21-34(44)40-16-6-9-28(40)23-43)49-38(24)31-20-26(39)10-15-32(31)42(36(38)45)22-25-7-5-8-27(19-25)41-17-18-48-37(41)46/h5,7-8,10-15,19-20,24,28,33,35,43H,6,9,16-18,21-23H2,1-4H3/t24-,28-,33+,35-,38+/m0/s1. The van der Waals surface area contributed by atoms with Crippen LogP contribution < -0.4 is 19.7 Å². The van der Waals surface area contributed by atoms with Crippen LogP contribution in [-0.4, -0.2) is 81.5 Å². The van der Waals surface area contributed by atoms with Crippen LogP contribution in [-0.2, 0) is 31.2 Å². The third kappa shape index (κ3) is 5.74. The SMILES string of the molecule is COc1ccc([Si](C)(C)[C@@H]2[C@@H](CC(=O)N3CCC[C@H]3CO)O[C@]3(C(=O)N(Cc4cccc(N5CCOC5=O)c4)c4ccc(Br)cc43)[C@H]2C)cc1. The number of anilines is 2. The number of amides is 3. The number of hydrogen-bond donors (Lipinski definition) is 1. The van der Waals surface area contributed by atoms with E-state index in [1.54, 1.807) is 21.8 Å². The van der Waals surface area contributed by atoms with E-state index in [4.69, 9.17) is 14.2 Å². The highest BCUT2D eigenvalue weighted by Gasteiger charge is 2.66. The number of cyclic esters (lactones) is 1. The van der Waals surface area contributed by atoms with Gasteiger partial charge in [-0.2, -0.15) is 0 Å². The highest BCUT2D eigenvalue weighted by Crippen LogP contribution is 2.60. The normalized spacial score (nSPS) is 26.2. The van der Waals surface area contributed by atoms with Gasteiger partial charge in [0.05, 0.1) is 59.1 Å². The number of carbonyl (C=O) groups is 3. The number of nitrogens with zero attached hydrogens (tertiary/aromatic N) is 3. The molecule has 5 atom stereocenters. The number of likely N-dealkylation sites (tertiary alicyclic amines) is 1. The predicted octanol–water partition coefficient (Wildman–Crippen LogP) is 5.55. The van der Waals surface area contributed by atoms with E-state index in [9.17, 15) is 14.7 Å². The first-order chi connectivity index (χ1) is 24.0. The molecule has 7 rings (SSSR count). The van der Waals surface area contributed by atoms with Gasteiger partial charge in [-0.3, -0.25) is 14.5 Å². The maximum Gasteiger partial charge on any atom is 0.414 e. The van der Waals surface area contributed by atoms with Crippen LogP contribution in [0.25, 0.3) is 0 Å². The Labute approximate surface area is 302 Å². The largest absolute Gasteiger partial charge is 0.497 e. The molecule has 12 heteroatoms. The molecule has 1 spiro atoms. The number of ether oxygens (including phenoxy) is 3. The van der Waals surface area contributed by atoms with Crippen molar-refractivity contribution >= 4 is 58.5 Å². The lowest BCUT2D eigenvalue weighted by Gasteiger charge is -2.37. The van der Waals surface area contributed by atoms with Crippen molar-refractivity contribution in [2.24, 2.45) is 5.92 Å². The monoisotopic (exact) mass is 761 g/mol. The van der Waals surface area contributed by atoms with Gasteiger partial charge in [-0.05, 0) is 66.4 Å². The average molecular weight is 763 g/mol. The van der Waals surface area contributed by atoms with Crippen LogP contribution in [0.2, 0.25) is 18.6 Å². The summed E-state index contributed by atoms with van der Waals surface area (Å²) in [4.78, 5) is 46.7. The number of halogens is 1. The van der Waals surface area contributed by atoms with Gasteiger partial charge in [0.1, 0.15) is 12.4 Å². The second kappa shape index (κ2) is 13.4. The summed E-state index contributed by atoms with van der Waals surface area (Å²) in [5, 5.41) is 11.2. The summed E-state index contributed by atoms with van der Waals surface area (Å²) in [5.74, 6) is 0.299. The lowest BCUT2D eigenvalue weighted by atomic mass is 9.82. The van der Waals surface area contributed by atoms with Gasteiger partial charge < -0.3 is 29.1 Å². The van der Waals surface area contributed by atoms with Crippen molar-refractivity contribution < 1.29 is 33.7 Å². The van der Waals surface area contributed by atoms with E-state index in [1.807, 2.05) is 54.6 Å². The van der Waals surface area contributed by atoms with E-state index in [0.717, 1.165) is 45.6 Å². The van der Waals surface area contributed by atoms with Gasteiger partial charge in [-0.25, -0.2) is 4.79 Å². The summed E-state index contributed by atoms with van der Waals surface area (Å²) in [7, 11) is -0.805. The molecule has 0 aromatic heterocycles. The molecule has 1 N–H and O–H groups in total. The van der Waals surface area contributed by atoms with Crippen LogP contribution in [0.15, 0.2) is 71.2 Å². The quantitative estimate of drug-likeness (QED) is 0.285. The molecule has 0 radical (unpaired) electrons. The van der Waals surface area contributed by atoms with Crippen LogP contribution >= 0.6 is 15.9 Å². The minimum Gasteiger partial charge on any atom is -0.497 e. The molecular formula is C38H44BrN3O7Si. The van der Waals surface area contributed by atoms with Gasteiger partial charge in [-0.1, -0.05) is 65.4 Å². The molecular weight excluding hydrogens is 718 g/mol. The zero-order valence-corrected chi connectivity index (χ0v) is 31.5. The molecule has 4 aliphatic rings. The second-order valence-electron chi connectivity index (χ2n) is 14.4. The summed E-state index contributed by atoms with van der Waals surface area (Å²) in [6.45, 7) is 8.36. The fraction of sp³-hybridized carbons (Fsp3) is 0.447. The Morgan fingerprint density at radius 1 is 1.08 bits per heavy atom. The first kappa shape index (κ1) is 34.7. The third-order valence-corrected chi connectivity index (χ3v) is 16.3. The molecule has 4 heterocycles. The van der Waals surface area contributed by atoms with Crippen LogP contribution in [0.3, 0.4) is 0 Å². The van der Waals surface area contributed by atoms with Gasteiger partial charge in [0.2, 0.25) is 5.91 Å². The number of benzene rings is 3. The number of methoxy groups -OCH3 is 1. The van der Waals surface area contributed by atoms with Crippen LogP contribution in [0.1, 0.15) is 37.3 Å². The maximum atomic E-state index is 15.2. The van der Waals surface area contributed by atoms with Crippen molar-refractivity contribution in [2.75, 3.05) is 43.2 Å². The topological polar surface area (TPSA) is 109 Å². The molecule has 4 aliphatic heterocycles. The molecule has 0 saturated carbocycles. The van der Waals surface area contributed by atoms with Gasteiger partial charge in [-0.15, -0.1) is 0 Å². The number of aliphatic hydroxyl groups excluding tert-OH is 1. The Morgan fingerprint density at radius 2 is 1.86 bits per heavy atom. The van der Waals surface area contributed by atoms with E-state index in [1.165, 1.54) is 5.19 Å². The van der Waals surface area contributed by atoms with E-state index in [2.05, 4.69) is 48.1 Å². The molecule has 50 heavy (non-hydrogen) atoms. The average Bonchev–Trinajstić information content (AvgIpc) is 3.88. The summed E-state index contributed by atoms with van der Waals surface area (Å²) < 4.78 is 18.6. The Morgan fingerprint density at radius 3 is 2.56 bits per heavy atom. The van der Waals surface area contributed by atoms with Crippen LogP contribution in [0.5, 0.6) is 5.75 Å². The molecule has 3 amide bonds. The van der Waals surface area contributed by atoms with Crippen molar-refractivity contribution in [2.45, 2.75) is 69.1 Å². The molecule has 10 nitrogen and oxygen atoms in total. The fourth-order valence-corrected chi connectivity index (χ4v) is 13.3. The smallest absolute Gasteiger partial charge is 0.414 e. The van der Waals surface area contributed by atoms with Gasteiger partial charge in [0, 0.05) is 28.2 Å². The zero-order chi connectivity index (χ0) is 35.4. The first-order valence-electron chi connectivity index (χ1n) is 17.4. The summed E-state index contributed by atoms with van der Waals surface area (Å²) in [6.07, 6.45) is 0.855. The van der Waals surface area contributed by atoms with Gasteiger partial charge in [0.15, 0.2) is 5.60 Å². The highest BCUT2D eigenvalue weighted by molar-refractivity contribution is 9.10. The van der Waals surface area contributed by atoms with Crippen molar-refractivity contribution in [3.05, 3.63) is 82.3 Å². The number of aliphatic hydroxyl groups is 1. The van der Waals surface area contributed by atoms with Gasteiger partial charge >= 0.3 is 6.09 Å². The lowest BCUT2D eigenvalue weighted by molar-refractivity contribution is -0.150. The van der Waals surface area contributed by atoms with Crippen LogP contribution in [0, 0.1) is 5.92 Å². The first-order valence-corrected chi connectivity index (χ1v) is 21.2. The van der Waals surface area contributed by atoms with Crippen LogP contribution in [0.4, 0.5) is 16.2 Å². The van der Waals surface area contributed by atoms with Crippen molar-refractivity contribution in [3.63, 3.8) is 0 Å². The van der Waals surface area contributed by atoms with E-state index < -0.39 is 19.8 Å². The number of hydrogen-bond acceptors (Lipinski definition) is 7. The highest BCUT2D eigenvalue weighted by atomic mass is 79.9. The molecule has 0 unspecified atom stereocenters. The Hall–Kier alpha value is -3.71. The van der Waals surface area contributed by atoms with E-state index in [0.29, 0.717) is 19.7 Å². The number of fused-ring (bicyclic) bond motifs is 2. The van der Waals surface area contributed by atoms with Crippen molar-refractivity contribution in [3.8, 4) is 5.75 Å². The van der Waals surface area contributed by atoms with E-state index >= 15 is 4.79 Å². The van der Waals surface area contributed by atoms with Crippen molar-refractivity contribution in [1.29, 1.82) is 0 Å². The Balaban J connectivity index is 1.29. The summed E-state index contributed by atoms with van der Waals surface area (Å²) >= 11 is 3.67. The maximum absolute atomic E-state index is 15.2. The molecule has 0 bridgehead atoms. The van der Waals surface area contributed by atoms with Crippen molar-refractivity contribution in [1.82, 2.24) is 4.90 Å². The Kier molecular flexibility index (Phi) is 9.34. The number of rotatable bonds is 9. The lowest BCUT2D eigenvalue weighted by Crippen LogP contribution is -2.52. The third-order valence-electron chi connectivity index (χ3n) is 11.4. The second-order valence-corrected chi connectivity index (χ2v) is 20.0. The minimum absolute atomic E-state index is 0.0469. The molecule has 3 saturated heterocycles. The summed E-state index contributed by atoms with van der Waals surface area (Å²) in [6, 6.07) is 21.5. The molecule has 264 valence electrons. The summed E-state index contributed by atoms with van der Waals surface area (Å²) in [5.41, 5.74) is 1.73. The zero-order valence-electron chi connectivity index (χ0n) is 28.9. The minimum atomic E-state index is -2.46. The Bertz CT molecular complexity index is 1810. The predicted molar refractivity (Wildman–Crippen MR) is 196 cm³/mol. The molecule has 3 fully saturated rings. The molecule has 3 aromatic rings.